The number of sulfone groups is 1. The summed E-state index contributed by atoms with van der Waals surface area (Å²) in [6.07, 6.45) is 5.45. The summed E-state index contributed by atoms with van der Waals surface area (Å²) in [5.41, 5.74) is 0. The van der Waals surface area contributed by atoms with Crippen LogP contribution in [0.15, 0.2) is 11.6 Å². The highest BCUT2D eigenvalue weighted by atomic mass is 32.2. The lowest BCUT2D eigenvalue weighted by Crippen LogP contribution is -2.41. The SMILES string of the molecule is CS(=O)(=O)C1(c2nccs2)CCC1. The minimum Gasteiger partial charge on any atom is -0.248 e. The van der Waals surface area contributed by atoms with Crippen LogP contribution in [0.3, 0.4) is 0 Å². The Morgan fingerprint density at radius 1 is 1.54 bits per heavy atom. The van der Waals surface area contributed by atoms with E-state index < -0.39 is 14.6 Å². The van der Waals surface area contributed by atoms with Gasteiger partial charge < -0.3 is 0 Å². The number of hydrogen-bond acceptors (Lipinski definition) is 4. The van der Waals surface area contributed by atoms with Crippen molar-refractivity contribution in [2.45, 2.75) is 24.0 Å². The largest absolute Gasteiger partial charge is 0.248 e. The second-order valence-electron chi connectivity index (χ2n) is 3.46. The quantitative estimate of drug-likeness (QED) is 0.755. The molecule has 0 aliphatic heterocycles. The van der Waals surface area contributed by atoms with Gasteiger partial charge in [0.15, 0.2) is 9.84 Å². The van der Waals surface area contributed by atoms with Crippen molar-refractivity contribution in [3.63, 3.8) is 0 Å². The first-order valence-electron chi connectivity index (χ1n) is 4.16. The Morgan fingerprint density at radius 3 is 2.54 bits per heavy atom. The summed E-state index contributed by atoms with van der Waals surface area (Å²) in [6, 6.07) is 0. The molecule has 1 heterocycles. The molecule has 0 spiro atoms. The Morgan fingerprint density at radius 2 is 2.23 bits per heavy atom. The van der Waals surface area contributed by atoms with E-state index in [0.717, 1.165) is 24.3 Å². The summed E-state index contributed by atoms with van der Waals surface area (Å²) in [7, 11) is -3.00. The van der Waals surface area contributed by atoms with Crippen LogP contribution >= 0.6 is 11.3 Å². The van der Waals surface area contributed by atoms with Crippen molar-refractivity contribution in [3.05, 3.63) is 16.6 Å². The summed E-state index contributed by atoms with van der Waals surface area (Å²) < 4.78 is 22.6. The van der Waals surface area contributed by atoms with Crippen LogP contribution in [-0.4, -0.2) is 19.7 Å². The summed E-state index contributed by atoms with van der Waals surface area (Å²) >= 11 is 1.44. The molecule has 1 saturated carbocycles. The van der Waals surface area contributed by atoms with E-state index in [1.165, 1.54) is 17.6 Å². The standard InChI is InChI=1S/C8H11NO2S2/c1-13(10,11)8(3-2-4-8)7-9-5-6-12-7/h5-6H,2-4H2,1H3. The Balaban J connectivity index is 2.49. The summed E-state index contributed by atoms with van der Waals surface area (Å²) in [4.78, 5) is 4.12. The zero-order valence-corrected chi connectivity index (χ0v) is 8.99. The third-order valence-corrected chi connectivity index (χ3v) is 5.82. The highest BCUT2D eigenvalue weighted by Crippen LogP contribution is 2.48. The molecule has 2 rings (SSSR count). The second-order valence-corrected chi connectivity index (χ2v) is 6.68. The summed E-state index contributed by atoms with van der Waals surface area (Å²) in [5, 5.41) is 2.60. The Hall–Kier alpha value is -0.420. The Bertz CT molecular complexity index is 390. The average Bonchev–Trinajstić information content (AvgIpc) is 2.32. The van der Waals surface area contributed by atoms with Crippen LogP contribution in [0.5, 0.6) is 0 Å². The zero-order valence-electron chi connectivity index (χ0n) is 7.36. The van der Waals surface area contributed by atoms with Crippen LogP contribution in [0.2, 0.25) is 0 Å². The molecule has 1 aliphatic rings. The molecule has 0 amide bonds. The molecule has 0 radical (unpaired) electrons. The van der Waals surface area contributed by atoms with Crippen molar-refractivity contribution in [3.8, 4) is 0 Å². The van der Waals surface area contributed by atoms with E-state index in [9.17, 15) is 8.42 Å². The lowest BCUT2D eigenvalue weighted by molar-refractivity contribution is 0.345. The third-order valence-electron chi connectivity index (χ3n) is 2.69. The Labute approximate surface area is 81.7 Å². The molecule has 0 unspecified atom stereocenters. The van der Waals surface area contributed by atoms with Gasteiger partial charge in [-0.15, -0.1) is 11.3 Å². The molecule has 0 atom stereocenters. The minimum absolute atomic E-state index is 0.638. The van der Waals surface area contributed by atoms with Crippen LogP contribution < -0.4 is 0 Å². The predicted molar refractivity (Wildman–Crippen MR) is 52.5 cm³/mol. The van der Waals surface area contributed by atoms with Crippen LogP contribution in [0.1, 0.15) is 24.3 Å². The maximum Gasteiger partial charge on any atom is 0.159 e. The van der Waals surface area contributed by atoms with E-state index in [1.807, 2.05) is 5.38 Å². The third kappa shape index (κ3) is 1.21. The molecule has 1 fully saturated rings. The van der Waals surface area contributed by atoms with Crippen LogP contribution in [0, 0.1) is 0 Å². The first-order valence-corrected chi connectivity index (χ1v) is 6.93. The van der Waals surface area contributed by atoms with E-state index >= 15 is 0 Å². The first kappa shape index (κ1) is 9.15. The average molecular weight is 217 g/mol. The number of thiazole rings is 1. The lowest BCUT2D eigenvalue weighted by atomic mass is 9.85. The topological polar surface area (TPSA) is 47.0 Å². The molecule has 5 heteroatoms. The van der Waals surface area contributed by atoms with Gasteiger partial charge in [0.2, 0.25) is 0 Å². The molecule has 13 heavy (non-hydrogen) atoms. The van der Waals surface area contributed by atoms with Crippen molar-refractivity contribution < 1.29 is 8.42 Å². The van der Waals surface area contributed by atoms with Crippen molar-refractivity contribution in [1.29, 1.82) is 0 Å². The summed E-state index contributed by atoms with van der Waals surface area (Å²) in [6.45, 7) is 0. The fraction of sp³-hybridized carbons (Fsp3) is 0.625. The van der Waals surface area contributed by atoms with E-state index in [1.54, 1.807) is 6.20 Å². The smallest absolute Gasteiger partial charge is 0.159 e. The fourth-order valence-corrected chi connectivity index (χ4v) is 4.48. The minimum atomic E-state index is -3.00. The molecule has 0 bridgehead atoms. The van der Waals surface area contributed by atoms with Crippen LogP contribution in [0.25, 0.3) is 0 Å². The highest BCUT2D eigenvalue weighted by Gasteiger charge is 2.49. The van der Waals surface area contributed by atoms with Gasteiger partial charge in [-0.3, -0.25) is 0 Å². The van der Waals surface area contributed by atoms with E-state index in [0.29, 0.717) is 0 Å². The van der Waals surface area contributed by atoms with Gasteiger partial charge in [-0.05, 0) is 19.3 Å². The zero-order chi connectivity index (χ0) is 9.53. The molecule has 72 valence electrons. The van der Waals surface area contributed by atoms with Crippen molar-refractivity contribution >= 4 is 21.2 Å². The maximum atomic E-state index is 11.6. The molecule has 1 aromatic heterocycles. The van der Waals surface area contributed by atoms with Gasteiger partial charge in [-0.25, -0.2) is 13.4 Å². The molecule has 3 nitrogen and oxygen atoms in total. The van der Waals surface area contributed by atoms with Crippen molar-refractivity contribution in [2.24, 2.45) is 0 Å². The maximum absolute atomic E-state index is 11.6. The van der Waals surface area contributed by atoms with Crippen molar-refractivity contribution in [2.75, 3.05) is 6.26 Å². The fourth-order valence-electron chi connectivity index (χ4n) is 1.69. The van der Waals surface area contributed by atoms with Gasteiger partial charge in [0.25, 0.3) is 0 Å². The number of rotatable bonds is 2. The molecular weight excluding hydrogens is 206 g/mol. The van der Waals surface area contributed by atoms with Crippen LogP contribution in [0.4, 0.5) is 0 Å². The molecule has 1 aromatic rings. The number of aromatic nitrogens is 1. The van der Waals surface area contributed by atoms with E-state index in [4.69, 9.17) is 0 Å². The predicted octanol–water partition coefficient (Wildman–Crippen LogP) is 1.57. The van der Waals surface area contributed by atoms with E-state index in [-0.39, 0.29) is 0 Å². The van der Waals surface area contributed by atoms with Gasteiger partial charge in [0, 0.05) is 17.8 Å². The van der Waals surface area contributed by atoms with Gasteiger partial charge in [-0.2, -0.15) is 0 Å². The van der Waals surface area contributed by atoms with Gasteiger partial charge in [0.1, 0.15) is 9.75 Å². The van der Waals surface area contributed by atoms with Gasteiger partial charge >= 0.3 is 0 Å². The second kappa shape index (κ2) is 2.78. The number of hydrogen-bond donors (Lipinski definition) is 0. The van der Waals surface area contributed by atoms with Gasteiger partial charge in [0.05, 0.1) is 0 Å². The van der Waals surface area contributed by atoms with Gasteiger partial charge in [-0.1, -0.05) is 0 Å². The molecule has 0 N–H and O–H groups in total. The molecular formula is C8H11NO2S2. The number of nitrogens with zero attached hydrogens (tertiary/aromatic N) is 1. The van der Waals surface area contributed by atoms with Crippen LogP contribution in [-0.2, 0) is 14.6 Å². The Kier molecular flexibility index (Phi) is 1.96. The highest BCUT2D eigenvalue weighted by molar-refractivity contribution is 7.91. The first-order chi connectivity index (χ1) is 6.06. The summed E-state index contributed by atoms with van der Waals surface area (Å²) in [5.74, 6) is 0. The van der Waals surface area contributed by atoms with E-state index in [2.05, 4.69) is 4.98 Å². The molecule has 0 aromatic carbocycles. The molecule has 1 aliphatic carbocycles. The van der Waals surface area contributed by atoms with Crippen molar-refractivity contribution in [1.82, 2.24) is 4.98 Å². The monoisotopic (exact) mass is 217 g/mol. The molecule has 0 saturated heterocycles. The lowest BCUT2D eigenvalue weighted by Gasteiger charge is -2.37. The normalized spacial score (nSPS) is 21.0.